The van der Waals surface area contributed by atoms with Crippen LogP contribution >= 0.6 is 0 Å². The van der Waals surface area contributed by atoms with E-state index in [2.05, 4.69) is 5.32 Å². The zero-order chi connectivity index (χ0) is 16.8. The number of aryl methyl sites for hydroxylation is 1. The Morgan fingerprint density at radius 2 is 1.95 bits per heavy atom. The summed E-state index contributed by atoms with van der Waals surface area (Å²) in [6.07, 6.45) is 1.59. The van der Waals surface area contributed by atoms with Gasteiger partial charge >= 0.3 is 0 Å². The Labute approximate surface area is 134 Å². The molecule has 124 valence electrons. The summed E-state index contributed by atoms with van der Waals surface area (Å²) in [5, 5.41) is 3.03. The highest BCUT2D eigenvalue weighted by atomic mass is 16.5. The van der Waals surface area contributed by atoms with Crippen molar-refractivity contribution in [3.05, 3.63) is 29.3 Å². The fourth-order valence-electron chi connectivity index (χ4n) is 2.49. The highest BCUT2D eigenvalue weighted by Gasteiger charge is 2.33. The molecule has 0 saturated carbocycles. The van der Waals surface area contributed by atoms with Gasteiger partial charge in [0.25, 0.3) is 0 Å². The third kappa shape index (κ3) is 4.47. The second kappa shape index (κ2) is 8.18. The van der Waals surface area contributed by atoms with Crippen LogP contribution in [-0.4, -0.2) is 18.6 Å². The van der Waals surface area contributed by atoms with Gasteiger partial charge in [-0.05, 0) is 45.2 Å². The summed E-state index contributed by atoms with van der Waals surface area (Å²) >= 11 is 0. The van der Waals surface area contributed by atoms with Crippen molar-refractivity contribution in [1.29, 1.82) is 0 Å². The molecular formula is C18H30N2O2. The molecule has 0 aliphatic heterocycles. The van der Waals surface area contributed by atoms with E-state index in [0.29, 0.717) is 13.1 Å². The lowest BCUT2D eigenvalue weighted by atomic mass is 9.81. The number of hydrogen-bond donors (Lipinski definition) is 2. The summed E-state index contributed by atoms with van der Waals surface area (Å²) in [5.41, 5.74) is 7.49. The van der Waals surface area contributed by atoms with Gasteiger partial charge in [0.05, 0.1) is 11.5 Å². The van der Waals surface area contributed by atoms with Crippen molar-refractivity contribution < 1.29 is 9.53 Å². The Balaban J connectivity index is 2.85. The van der Waals surface area contributed by atoms with Crippen LogP contribution < -0.4 is 15.8 Å². The number of hydrogen-bond acceptors (Lipinski definition) is 3. The molecule has 1 amide bonds. The van der Waals surface area contributed by atoms with E-state index in [4.69, 9.17) is 10.5 Å². The molecule has 0 bridgehead atoms. The van der Waals surface area contributed by atoms with E-state index in [9.17, 15) is 4.79 Å². The topological polar surface area (TPSA) is 64.4 Å². The zero-order valence-corrected chi connectivity index (χ0v) is 14.5. The van der Waals surface area contributed by atoms with Crippen LogP contribution in [0.1, 0.15) is 51.7 Å². The van der Waals surface area contributed by atoms with E-state index >= 15 is 0 Å². The number of benzene rings is 1. The molecule has 1 rings (SSSR count). The van der Waals surface area contributed by atoms with Gasteiger partial charge in [0.15, 0.2) is 0 Å². The number of ether oxygens (including phenoxy) is 1. The molecule has 1 aromatic rings. The molecule has 4 nitrogen and oxygen atoms in total. The summed E-state index contributed by atoms with van der Waals surface area (Å²) in [5.74, 6) is 0.859. The summed E-state index contributed by atoms with van der Waals surface area (Å²) in [6.45, 7) is 10.9. The molecule has 0 spiro atoms. The molecular weight excluding hydrogens is 276 g/mol. The highest BCUT2D eigenvalue weighted by Crippen LogP contribution is 2.26. The SMILES string of the molecule is CCC(CC)(CN)C(=O)NCc1ccc(C)cc1OC(C)C. The molecule has 0 radical (unpaired) electrons. The van der Waals surface area contributed by atoms with Gasteiger partial charge in [-0.2, -0.15) is 0 Å². The van der Waals surface area contributed by atoms with Gasteiger partial charge in [0.2, 0.25) is 5.91 Å². The van der Waals surface area contributed by atoms with Crippen LogP contribution in [0.15, 0.2) is 18.2 Å². The first-order valence-electron chi connectivity index (χ1n) is 8.13. The zero-order valence-electron chi connectivity index (χ0n) is 14.5. The van der Waals surface area contributed by atoms with Gasteiger partial charge in [-0.3, -0.25) is 4.79 Å². The maximum atomic E-state index is 12.5. The molecule has 0 aliphatic rings. The molecule has 4 heteroatoms. The quantitative estimate of drug-likeness (QED) is 0.775. The molecule has 0 aliphatic carbocycles. The van der Waals surface area contributed by atoms with Crippen molar-refractivity contribution in [3.63, 3.8) is 0 Å². The van der Waals surface area contributed by atoms with E-state index in [1.807, 2.05) is 52.8 Å². The fourth-order valence-corrected chi connectivity index (χ4v) is 2.49. The van der Waals surface area contributed by atoms with Crippen LogP contribution in [0.3, 0.4) is 0 Å². The maximum Gasteiger partial charge on any atom is 0.227 e. The second-order valence-corrected chi connectivity index (χ2v) is 6.15. The predicted octanol–water partition coefficient (Wildman–Crippen LogP) is 3.16. The Morgan fingerprint density at radius 1 is 1.32 bits per heavy atom. The lowest BCUT2D eigenvalue weighted by Gasteiger charge is -2.28. The van der Waals surface area contributed by atoms with Crippen LogP contribution in [0.25, 0.3) is 0 Å². The minimum atomic E-state index is -0.468. The minimum absolute atomic E-state index is 0.0241. The summed E-state index contributed by atoms with van der Waals surface area (Å²) in [4.78, 5) is 12.5. The predicted molar refractivity (Wildman–Crippen MR) is 90.9 cm³/mol. The van der Waals surface area contributed by atoms with Crippen LogP contribution in [0.4, 0.5) is 0 Å². The first-order chi connectivity index (χ1) is 10.4. The minimum Gasteiger partial charge on any atom is -0.491 e. The van der Waals surface area contributed by atoms with Gasteiger partial charge in [-0.15, -0.1) is 0 Å². The van der Waals surface area contributed by atoms with Gasteiger partial charge < -0.3 is 15.8 Å². The number of carbonyl (C=O) groups is 1. The molecule has 0 unspecified atom stereocenters. The maximum absolute atomic E-state index is 12.5. The second-order valence-electron chi connectivity index (χ2n) is 6.15. The van der Waals surface area contributed by atoms with E-state index in [1.165, 1.54) is 0 Å². The Hall–Kier alpha value is -1.55. The largest absolute Gasteiger partial charge is 0.491 e. The molecule has 1 aromatic carbocycles. The Kier molecular flexibility index (Phi) is 6.88. The van der Waals surface area contributed by atoms with Crippen LogP contribution in [-0.2, 0) is 11.3 Å². The summed E-state index contributed by atoms with van der Waals surface area (Å²) < 4.78 is 5.85. The van der Waals surface area contributed by atoms with E-state index in [0.717, 1.165) is 29.7 Å². The molecule has 22 heavy (non-hydrogen) atoms. The normalized spacial score (nSPS) is 11.6. The average Bonchev–Trinajstić information content (AvgIpc) is 2.48. The van der Waals surface area contributed by atoms with E-state index in [-0.39, 0.29) is 12.0 Å². The molecule has 0 aromatic heterocycles. The molecule has 0 atom stereocenters. The van der Waals surface area contributed by atoms with E-state index < -0.39 is 5.41 Å². The van der Waals surface area contributed by atoms with Gasteiger partial charge in [-0.25, -0.2) is 0 Å². The molecule has 0 heterocycles. The van der Waals surface area contributed by atoms with Crippen molar-refractivity contribution in [2.75, 3.05) is 6.54 Å². The Bertz CT molecular complexity index is 486. The monoisotopic (exact) mass is 306 g/mol. The lowest BCUT2D eigenvalue weighted by molar-refractivity contribution is -0.131. The standard InChI is InChI=1S/C18H30N2O2/c1-6-18(7-2,12-19)17(21)20-11-15-9-8-14(5)10-16(15)22-13(3)4/h8-10,13H,6-7,11-12,19H2,1-5H3,(H,20,21). The third-order valence-electron chi connectivity index (χ3n) is 4.25. The van der Waals surface area contributed by atoms with Crippen molar-refractivity contribution in [3.8, 4) is 5.75 Å². The summed E-state index contributed by atoms with van der Waals surface area (Å²) in [6, 6.07) is 6.05. The lowest BCUT2D eigenvalue weighted by Crippen LogP contribution is -2.45. The van der Waals surface area contributed by atoms with Crippen LogP contribution in [0.5, 0.6) is 5.75 Å². The van der Waals surface area contributed by atoms with Gasteiger partial charge in [-0.1, -0.05) is 26.0 Å². The number of carbonyl (C=O) groups excluding carboxylic acids is 1. The van der Waals surface area contributed by atoms with Gasteiger partial charge in [0, 0.05) is 18.7 Å². The number of nitrogens with one attached hydrogen (secondary N) is 1. The van der Waals surface area contributed by atoms with Crippen molar-refractivity contribution in [1.82, 2.24) is 5.32 Å². The van der Waals surface area contributed by atoms with Crippen LogP contribution in [0, 0.1) is 12.3 Å². The molecule has 0 fully saturated rings. The Morgan fingerprint density at radius 3 is 2.45 bits per heavy atom. The van der Waals surface area contributed by atoms with E-state index in [1.54, 1.807) is 0 Å². The molecule has 3 N–H and O–H groups in total. The number of nitrogens with two attached hydrogens (primary N) is 1. The van der Waals surface area contributed by atoms with Gasteiger partial charge in [0.1, 0.15) is 5.75 Å². The first-order valence-corrected chi connectivity index (χ1v) is 8.13. The number of amides is 1. The van der Waals surface area contributed by atoms with Crippen LogP contribution in [0.2, 0.25) is 0 Å². The number of rotatable bonds is 8. The average molecular weight is 306 g/mol. The highest BCUT2D eigenvalue weighted by molar-refractivity contribution is 5.82. The van der Waals surface area contributed by atoms with Crippen molar-refractivity contribution in [2.45, 2.75) is 60.1 Å². The smallest absolute Gasteiger partial charge is 0.227 e. The third-order valence-corrected chi connectivity index (χ3v) is 4.25. The molecule has 0 saturated heterocycles. The van der Waals surface area contributed by atoms with Crippen molar-refractivity contribution in [2.24, 2.45) is 11.1 Å². The first kappa shape index (κ1) is 18.5. The van der Waals surface area contributed by atoms with Crippen molar-refractivity contribution >= 4 is 5.91 Å². The summed E-state index contributed by atoms with van der Waals surface area (Å²) in [7, 11) is 0. The fraction of sp³-hybridized carbons (Fsp3) is 0.611.